The number of benzene rings is 1. The predicted molar refractivity (Wildman–Crippen MR) is 86.3 cm³/mol. The molecule has 0 atom stereocenters. The molecule has 112 valence electrons. The van der Waals surface area contributed by atoms with Crippen LogP contribution in [0.1, 0.15) is 27.7 Å². The first-order chi connectivity index (χ1) is 9.96. The molecule has 0 radical (unpaired) electrons. The second kappa shape index (κ2) is 6.43. The zero-order valence-corrected chi connectivity index (χ0v) is 13.0. The molecule has 1 aromatic heterocycles. The second-order valence-corrected chi connectivity index (χ2v) is 5.72. The SMILES string of the molecule is CCOc1ccc(Nc2ccnc(NC(C)(C)C)n2)cc1. The zero-order chi connectivity index (χ0) is 15.3. The van der Waals surface area contributed by atoms with Gasteiger partial charge in [0, 0.05) is 17.4 Å². The summed E-state index contributed by atoms with van der Waals surface area (Å²) in [5.74, 6) is 2.22. The second-order valence-electron chi connectivity index (χ2n) is 5.72. The Kier molecular flexibility index (Phi) is 4.62. The molecule has 0 amide bonds. The predicted octanol–water partition coefficient (Wildman–Crippen LogP) is 3.83. The number of nitrogens with one attached hydrogen (secondary N) is 2. The number of hydrogen-bond acceptors (Lipinski definition) is 5. The first-order valence-corrected chi connectivity index (χ1v) is 7.07. The molecule has 5 nitrogen and oxygen atoms in total. The van der Waals surface area contributed by atoms with Crippen LogP contribution < -0.4 is 15.4 Å². The van der Waals surface area contributed by atoms with Crippen molar-refractivity contribution in [1.82, 2.24) is 9.97 Å². The van der Waals surface area contributed by atoms with Gasteiger partial charge >= 0.3 is 0 Å². The lowest BCUT2D eigenvalue weighted by atomic mass is 10.1. The highest BCUT2D eigenvalue weighted by atomic mass is 16.5. The van der Waals surface area contributed by atoms with Gasteiger partial charge in [-0.2, -0.15) is 4.98 Å². The molecule has 0 aliphatic heterocycles. The van der Waals surface area contributed by atoms with Gasteiger partial charge in [0.2, 0.25) is 5.95 Å². The molecule has 5 heteroatoms. The van der Waals surface area contributed by atoms with Gasteiger partial charge in [-0.1, -0.05) is 0 Å². The molecule has 0 bridgehead atoms. The summed E-state index contributed by atoms with van der Waals surface area (Å²) in [5, 5.41) is 6.50. The zero-order valence-electron chi connectivity index (χ0n) is 13.0. The van der Waals surface area contributed by atoms with Gasteiger partial charge in [-0.3, -0.25) is 0 Å². The molecule has 21 heavy (non-hydrogen) atoms. The van der Waals surface area contributed by atoms with Crippen LogP contribution in [0.2, 0.25) is 0 Å². The maximum atomic E-state index is 5.42. The lowest BCUT2D eigenvalue weighted by Crippen LogP contribution is -2.27. The molecular formula is C16H22N4O. The number of rotatable bonds is 5. The minimum absolute atomic E-state index is 0.0717. The van der Waals surface area contributed by atoms with Crippen LogP contribution in [0.4, 0.5) is 17.5 Å². The third-order valence-electron chi connectivity index (χ3n) is 2.58. The number of ether oxygens (including phenoxy) is 1. The number of anilines is 3. The topological polar surface area (TPSA) is 59.1 Å². The van der Waals surface area contributed by atoms with Gasteiger partial charge in [0.1, 0.15) is 11.6 Å². The first-order valence-electron chi connectivity index (χ1n) is 7.07. The van der Waals surface area contributed by atoms with Crippen molar-refractivity contribution < 1.29 is 4.74 Å². The van der Waals surface area contributed by atoms with Crippen LogP contribution in [-0.2, 0) is 0 Å². The van der Waals surface area contributed by atoms with Gasteiger partial charge in [0.25, 0.3) is 0 Å². The van der Waals surface area contributed by atoms with Gasteiger partial charge in [0.05, 0.1) is 6.61 Å². The van der Waals surface area contributed by atoms with E-state index in [-0.39, 0.29) is 5.54 Å². The molecule has 1 heterocycles. The number of aromatic nitrogens is 2. The Labute approximate surface area is 125 Å². The average molecular weight is 286 g/mol. The molecule has 2 rings (SSSR count). The first kappa shape index (κ1) is 15.1. The van der Waals surface area contributed by atoms with Crippen molar-refractivity contribution in [1.29, 1.82) is 0 Å². The van der Waals surface area contributed by atoms with E-state index in [0.29, 0.717) is 12.6 Å². The third kappa shape index (κ3) is 4.95. The van der Waals surface area contributed by atoms with Gasteiger partial charge in [0.15, 0.2) is 0 Å². The Morgan fingerprint density at radius 3 is 2.43 bits per heavy atom. The van der Waals surface area contributed by atoms with Gasteiger partial charge < -0.3 is 15.4 Å². The van der Waals surface area contributed by atoms with E-state index in [4.69, 9.17) is 4.74 Å². The Morgan fingerprint density at radius 1 is 1.10 bits per heavy atom. The molecule has 0 unspecified atom stereocenters. The Hall–Kier alpha value is -2.30. The summed E-state index contributed by atoms with van der Waals surface area (Å²) in [7, 11) is 0. The van der Waals surface area contributed by atoms with Crippen molar-refractivity contribution >= 4 is 17.5 Å². The van der Waals surface area contributed by atoms with E-state index < -0.39 is 0 Å². The fourth-order valence-electron chi connectivity index (χ4n) is 1.77. The highest BCUT2D eigenvalue weighted by molar-refractivity contribution is 5.57. The average Bonchev–Trinajstić information content (AvgIpc) is 2.40. The lowest BCUT2D eigenvalue weighted by Gasteiger charge is -2.20. The van der Waals surface area contributed by atoms with E-state index in [9.17, 15) is 0 Å². The van der Waals surface area contributed by atoms with Crippen LogP contribution in [0.15, 0.2) is 36.5 Å². The van der Waals surface area contributed by atoms with Crippen LogP contribution in [0.5, 0.6) is 5.75 Å². The van der Waals surface area contributed by atoms with E-state index >= 15 is 0 Å². The lowest BCUT2D eigenvalue weighted by molar-refractivity contribution is 0.340. The van der Waals surface area contributed by atoms with Gasteiger partial charge in [-0.05, 0) is 58.0 Å². The quantitative estimate of drug-likeness (QED) is 0.874. The minimum Gasteiger partial charge on any atom is -0.494 e. The summed E-state index contributed by atoms with van der Waals surface area (Å²) < 4.78 is 5.42. The van der Waals surface area contributed by atoms with Crippen LogP contribution in [-0.4, -0.2) is 22.1 Å². The molecule has 0 saturated carbocycles. The molecule has 0 saturated heterocycles. The monoisotopic (exact) mass is 286 g/mol. The molecule has 1 aromatic carbocycles. The largest absolute Gasteiger partial charge is 0.494 e. The maximum Gasteiger partial charge on any atom is 0.225 e. The summed E-state index contributed by atoms with van der Waals surface area (Å²) in [6.07, 6.45) is 1.73. The van der Waals surface area contributed by atoms with E-state index in [0.717, 1.165) is 17.3 Å². The molecule has 2 aromatic rings. The normalized spacial score (nSPS) is 11.0. The molecular weight excluding hydrogens is 264 g/mol. The van der Waals surface area contributed by atoms with Crippen LogP contribution in [0.3, 0.4) is 0 Å². The Bertz CT molecular complexity index is 576. The van der Waals surface area contributed by atoms with Crippen molar-refractivity contribution in [2.45, 2.75) is 33.2 Å². The molecule has 0 aliphatic rings. The van der Waals surface area contributed by atoms with Crippen LogP contribution in [0, 0.1) is 0 Å². The summed E-state index contributed by atoms with van der Waals surface area (Å²) in [5.41, 5.74) is 0.886. The molecule has 0 spiro atoms. The van der Waals surface area contributed by atoms with Crippen molar-refractivity contribution in [3.63, 3.8) is 0 Å². The highest BCUT2D eigenvalue weighted by Gasteiger charge is 2.11. The molecule has 0 aliphatic carbocycles. The van der Waals surface area contributed by atoms with E-state index in [1.54, 1.807) is 6.20 Å². The molecule has 0 fully saturated rings. The van der Waals surface area contributed by atoms with E-state index in [1.165, 1.54) is 0 Å². The molecule has 2 N–H and O–H groups in total. The summed E-state index contributed by atoms with van der Waals surface area (Å²) in [4.78, 5) is 8.67. The fourth-order valence-corrected chi connectivity index (χ4v) is 1.77. The minimum atomic E-state index is -0.0717. The van der Waals surface area contributed by atoms with Crippen LogP contribution >= 0.6 is 0 Å². The summed E-state index contributed by atoms with van der Waals surface area (Å²) in [6.45, 7) is 8.85. The smallest absolute Gasteiger partial charge is 0.225 e. The fraction of sp³-hybridized carbons (Fsp3) is 0.375. The van der Waals surface area contributed by atoms with Crippen molar-refractivity contribution in [3.8, 4) is 5.75 Å². The Balaban J connectivity index is 2.07. The maximum absolute atomic E-state index is 5.42. The third-order valence-corrected chi connectivity index (χ3v) is 2.58. The van der Waals surface area contributed by atoms with E-state index in [2.05, 4.69) is 41.4 Å². The van der Waals surface area contributed by atoms with Crippen molar-refractivity contribution in [2.24, 2.45) is 0 Å². The van der Waals surface area contributed by atoms with Gasteiger partial charge in [-0.25, -0.2) is 4.98 Å². The van der Waals surface area contributed by atoms with E-state index in [1.807, 2.05) is 37.3 Å². The van der Waals surface area contributed by atoms with Crippen molar-refractivity contribution in [3.05, 3.63) is 36.5 Å². The van der Waals surface area contributed by atoms with Crippen molar-refractivity contribution in [2.75, 3.05) is 17.2 Å². The number of nitrogens with zero attached hydrogens (tertiary/aromatic N) is 2. The Morgan fingerprint density at radius 2 is 1.81 bits per heavy atom. The van der Waals surface area contributed by atoms with Crippen LogP contribution in [0.25, 0.3) is 0 Å². The summed E-state index contributed by atoms with van der Waals surface area (Å²) >= 11 is 0. The van der Waals surface area contributed by atoms with Gasteiger partial charge in [-0.15, -0.1) is 0 Å². The summed E-state index contributed by atoms with van der Waals surface area (Å²) in [6, 6.07) is 9.63. The number of hydrogen-bond donors (Lipinski definition) is 2. The standard InChI is InChI=1S/C16H22N4O/c1-5-21-13-8-6-12(7-9-13)18-14-10-11-17-15(19-14)20-16(2,3)4/h6-11H,5H2,1-4H3,(H2,17,18,19,20). The highest BCUT2D eigenvalue weighted by Crippen LogP contribution is 2.20.